The summed E-state index contributed by atoms with van der Waals surface area (Å²) in [5.74, 6) is -0.844. The Hall–Kier alpha value is -3.52. The first kappa shape index (κ1) is 17.9. The van der Waals surface area contributed by atoms with Crippen LogP contribution >= 0.6 is 11.3 Å². The van der Waals surface area contributed by atoms with Crippen molar-refractivity contribution in [3.05, 3.63) is 71.1 Å². The molecule has 7 nitrogen and oxygen atoms in total. The van der Waals surface area contributed by atoms with Crippen LogP contribution in [0.4, 0.5) is 9.93 Å². The Balaban J connectivity index is 1.41. The molecule has 3 aromatic rings. The highest BCUT2D eigenvalue weighted by atomic mass is 32.1. The van der Waals surface area contributed by atoms with Gasteiger partial charge in [0.1, 0.15) is 6.17 Å². The minimum absolute atomic E-state index is 0.342. The van der Waals surface area contributed by atoms with Gasteiger partial charge < -0.3 is 5.32 Å². The van der Waals surface area contributed by atoms with Gasteiger partial charge >= 0.3 is 6.03 Å². The molecule has 0 saturated carbocycles. The molecule has 2 N–H and O–H groups in total. The quantitative estimate of drug-likeness (QED) is 0.664. The van der Waals surface area contributed by atoms with Gasteiger partial charge in [0.05, 0.1) is 16.8 Å². The molecule has 4 amide bonds. The molecule has 0 radical (unpaired) electrons. The summed E-state index contributed by atoms with van der Waals surface area (Å²) in [5, 5.41) is 7.53. The van der Waals surface area contributed by atoms with Gasteiger partial charge in [-0.3, -0.25) is 19.8 Å². The molecule has 0 bridgehead atoms. The maximum Gasteiger partial charge on any atom is 0.322 e. The van der Waals surface area contributed by atoms with Crippen molar-refractivity contribution in [1.82, 2.24) is 15.2 Å². The molecule has 0 aliphatic carbocycles. The zero-order valence-electron chi connectivity index (χ0n) is 14.9. The normalized spacial score (nSPS) is 14.0. The molecular formula is C20H16N4O3S. The predicted molar refractivity (Wildman–Crippen MR) is 106 cm³/mol. The van der Waals surface area contributed by atoms with Crippen LogP contribution in [0.15, 0.2) is 60.0 Å². The maximum atomic E-state index is 12.5. The van der Waals surface area contributed by atoms with Gasteiger partial charge in [0, 0.05) is 10.9 Å². The first-order valence-corrected chi connectivity index (χ1v) is 9.48. The molecule has 140 valence electrons. The average molecular weight is 392 g/mol. The highest BCUT2D eigenvalue weighted by molar-refractivity contribution is 7.14. The van der Waals surface area contributed by atoms with Crippen molar-refractivity contribution in [1.29, 1.82) is 0 Å². The Morgan fingerprint density at radius 1 is 1.00 bits per heavy atom. The highest BCUT2D eigenvalue weighted by Gasteiger charge is 2.38. The molecule has 1 aromatic heterocycles. The van der Waals surface area contributed by atoms with Crippen molar-refractivity contribution >= 4 is 34.3 Å². The van der Waals surface area contributed by atoms with Gasteiger partial charge in [-0.15, -0.1) is 11.3 Å². The SMILES string of the molecule is CC(NC(=O)Nc1nc(-c2ccccc2)cs1)N1C(=O)c2ccccc2C1=O. The Bertz CT molecular complexity index is 1030. The Kier molecular flexibility index (Phi) is 4.62. The van der Waals surface area contributed by atoms with E-state index < -0.39 is 24.0 Å². The number of thiazole rings is 1. The average Bonchev–Trinajstić information content (AvgIpc) is 3.26. The number of rotatable bonds is 4. The summed E-state index contributed by atoms with van der Waals surface area (Å²) in [7, 11) is 0. The molecule has 2 heterocycles. The molecular weight excluding hydrogens is 376 g/mol. The third kappa shape index (κ3) is 3.25. The number of benzene rings is 2. The smallest absolute Gasteiger partial charge is 0.317 e. The zero-order valence-corrected chi connectivity index (χ0v) is 15.7. The minimum atomic E-state index is -0.805. The van der Waals surface area contributed by atoms with E-state index in [0.29, 0.717) is 16.3 Å². The van der Waals surface area contributed by atoms with Gasteiger partial charge in [-0.25, -0.2) is 9.78 Å². The number of amides is 4. The lowest BCUT2D eigenvalue weighted by Gasteiger charge is -2.23. The number of carbonyl (C=O) groups excluding carboxylic acids is 3. The lowest BCUT2D eigenvalue weighted by atomic mass is 10.1. The standard InChI is InChI=1S/C20H16N4O3S/c1-12(24-17(25)14-9-5-6-10-15(14)18(24)26)21-19(27)23-20-22-16(11-28-20)13-7-3-2-4-8-13/h2-12H,1H3,(H2,21,22,23,27). The number of imide groups is 1. The summed E-state index contributed by atoms with van der Waals surface area (Å²) in [6.45, 7) is 1.58. The van der Waals surface area contributed by atoms with E-state index in [1.165, 1.54) is 11.3 Å². The van der Waals surface area contributed by atoms with Gasteiger partial charge in [-0.2, -0.15) is 0 Å². The minimum Gasteiger partial charge on any atom is -0.317 e. The third-order valence-electron chi connectivity index (χ3n) is 4.35. The molecule has 0 spiro atoms. The maximum absolute atomic E-state index is 12.5. The van der Waals surface area contributed by atoms with Crippen molar-refractivity contribution in [3.63, 3.8) is 0 Å². The largest absolute Gasteiger partial charge is 0.322 e. The van der Waals surface area contributed by atoms with Crippen LogP contribution in [0.25, 0.3) is 11.3 Å². The van der Waals surface area contributed by atoms with Gasteiger partial charge in [-0.05, 0) is 19.1 Å². The molecule has 8 heteroatoms. The number of fused-ring (bicyclic) bond motifs is 1. The number of hydrogen-bond donors (Lipinski definition) is 2. The Morgan fingerprint density at radius 2 is 1.61 bits per heavy atom. The van der Waals surface area contributed by atoms with Crippen LogP contribution in [0, 0.1) is 0 Å². The van der Waals surface area contributed by atoms with Crippen molar-refractivity contribution in [2.45, 2.75) is 13.1 Å². The molecule has 1 unspecified atom stereocenters. The van der Waals surface area contributed by atoms with E-state index in [-0.39, 0.29) is 0 Å². The van der Waals surface area contributed by atoms with Crippen molar-refractivity contribution in [3.8, 4) is 11.3 Å². The fourth-order valence-corrected chi connectivity index (χ4v) is 3.73. The first-order chi connectivity index (χ1) is 13.5. The van der Waals surface area contributed by atoms with E-state index in [9.17, 15) is 14.4 Å². The number of nitrogens with zero attached hydrogens (tertiary/aromatic N) is 2. The Morgan fingerprint density at radius 3 is 2.25 bits per heavy atom. The van der Waals surface area contributed by atoms with Gasteiger partial charge in [-0.1, -0.05) is 42.5 Å². The van der Waals surface area contributed by atoms with Gasteiger partial charge in [0.15, 0.2) is 5.13 Å². The number of urea groups is 1. The molecule has 4 rings (SSSR count). The summed E-state index contributed by atoms with van der Waals surface area (Å²) in [6, 6.07) is 15.7. The third-order valence-corrected chi connectivity index (χ3v) is 5.10. The molecule has 28 heavy (non-hydrogen) atoms. The van der Waals surface area contributed by atoms with E-state index in [4.69, 9.17) is 0 Å². The van der Waals surface area contributed by atoms with Crippen molar-refractivity contribution < 1.29 is 14.4 Å². The summed E-state index contributed by atoms with van der Waals surface area (Å²) in [4.78, 5) is 42.7. The summed E-state index contributed by atoms with van der Waals surface area (Å²) < 4.78 is 0. The van der Waals surface area contributed by atoms with Crippen LogP contribution in [0.1, 0.15) is 27.6 Å². The summed E-state index contributed by atoms with van der Waals surface area (Å²) in [6.07, 6.45) is -0.805. The number of anilines is 1. The Labute approximate surface area is 165 Å². The lowest BCUT2D eigenvalue weighted by molar-refractivity contribution is 0.0581. The van der Waals surface area contributed by atoms with Gasteiger partial charge in [0.25, 0.3) is 11.8 Å². The summed E-state index contributed by atoms with van der Waals surface area (Å²) >= 11 is 1.29. The van der Waals surface area contributed by atoms with Crippen LogP contribution in [0.2, 0.25) is 0 Å². The number of nitrogens with one attached hydrogen (secondary N) is 2. The molecule has 1 aliphatic heterocycles. The number of aromatic nitrogens is 1. The van der Waals surface area contributed by atoms with Crippen LogP contribution in [-0.2, 0) is 0 Å². The van der Waals surface area contributed by atoms with E-state index in [0.717, 1.165) is 16.2 Å². The van der Waals surface area contributed by atoms with Crippen LogP contribution in [0.5, 0.6) is 0 Å². The van der Waals surface area contributed by atoms with Crippen molar-refractivity contribution in [2.24, 2.45) is 0 Å². The van der Waals surface area contributed by atoms with Crippen LogP contribution in [-0.4, -0.2) is 33.9 Å². The molecule has 1 aliphatic rings. The van der Waals surface area contributed by atoms with E-state index in [2.05, 4.69) is 15.6 Å². The van der Waals surface area contributed by atoms with E-state index >= 15 is 0 Å². The fourth-order valence-electron chi connectivity index (χ4n) is 3.02. The highest BCUT2D eigenvalue weighted by Crippen LogP contribution is 2.25. The molecule has 0 fully saturated rings. The van der Waals surface area contributed by atoms with Crippen LogP contribution in [0.3, 0.4) is 0 Å². The topological polar surface area (TPSA) is 91.4 Å². The van der Waals surface area contributed by atoms with Crippen molar-refractivity contribution in [2.75, 3.05) is 5.32 Å². The first-order valence-electron chi connectivity index (χ1n) is 8.60. The number of carbonyl (C=O) groups is 3. The van der Waals surface area contributed by atoms with E-state index in [1.807, 2.05) is 35.7 Å². The fraction of sp³-hybridized carbons (Fsp3) is 0.100. The number of hydrogen-bond acceptors (Lipinski definition) is 5. The predicted octanol–water partition coefficient (Wildman–Crippen LogP) is 3.57. The zero-order chi connectivity index (χ0) is 19.7. The van der Waals surface area contributed by atoms with Gasteiger partial charge in [0.2, 0.25) is 0 Å². The molecule has 2 aromatic carbocycles. The molecule has 1 atom stereocenters. The van der Waals surface area contributed by atoms with E-state index in [1.54, 1.807) is 31.2 Å². The lowest BCUT2D eigenvalue weighted by Crippen LogP contribution is -2.50. The second-order valence-corrected chi connectivity index (χ2v) is 7.06. The second-order valence-electron chi connectivity index (χ2n) is 6.20. The second kappa shape index (κ2) is 7.24. The monoisotopic (exact) mass is 392 g/mol. The summed E-state index contributed by atoms with van der Waals surface area (Å²) in [5.41, 5.74) is 2.39. The molecule has 0 saturated heterocycles. The van der Waals surface area contributed by atoms with Crippen LogP contribution < -0.4 is 10.6 Å².